The van der Waals surface area contributed by atoms with Gasteiger partial charge in [-0.25, -0.2) is 13.4 Å². The van der Waals surface area contributed by atoms with Crippen molar-refractivity contribution in [2.75, 3.05) is 4.72 Å². The number of nitrogens with zero attached hydrogens (tertiary/aromatic N) is 1. The molecular formula is C9H4BrCl3N2O2S2. The fourth-order valence-electron chi connectivity index (χ4n) is 1.20. The van der Waals surface area contributed by atoms with E-state index in [1.807, 2.05) is 0 Å². The van der Waals surface area contributed by atoms with Crippen molar-refractivity contribution in [3.05, 3.63) is 36.6 Å². The number of hydrogen-bond donors (Lipinski definition) is 1. The van der Waals surface area contributed by atoms with Crippen LogP contribution in [0.4, 0.5) is 5.69 Å². The molecule has 0 unspecified atom stereocenters. The van der Waals surface area contributed by atoms with Crippen LogP contribution in [0.3, 0.4) is 0 Å². The van der Waals surface area contributed by atoms with E-state index < -0.39 is 10.0 Å². The minimum atomic E-state index is -3.81. The van der Waals surface area contributed by atoms with Gasteiger partial charge in [-0.1, -0.05) is 34.8 Å². The van der Waals surface area contributed by atoms with Gasteiger partial charge < -0.3 is 0 Å². The Morgan fingerprint density at radius 1 is 1.26 bits per heavy atom. The fraction of sp³-hybridized carbons (Fsp3) is 0. The monoisotopic (exact) mass is 420 g/mol. The highest BCUT2D eigenvalue weighted by Gasteiger charge is 2.21. The second-order valence-corrected chi connectivity index (χ2v) is 8.44. The summed E-state index contributed by atoms with van der Waals surface area (Å²) in [5.74, 6) is 0. The van der Waals surface area contributed by atoms with Gasteiger partial charge in [0.15, 0.2) is 0 Å². The normalized spacial score (nSPS) is 11.6. The van der Waals surface area contributed by atoms with Crippen molar-refractivity contribution in [3.63, 3.8) is 0 Å². The maximum Gasteiger partial charge on any atom is 0.264 e. The fourth-order valence-corrected chi connectivity index (χ4v) is 4.83. The topological polar surface area (TPSA) is 59.1 Å². The first-order valence-corrected chi connectivity index (χ1v) is 8.81. The van der Waals surface area contributed by atoms with Crippen molar-refractivity contribution in [3.8, 4) is 0 Å². The molecule has 0 spiro atoms. The Balaban J connectivity index is 2.36. The first kappa shape index (κ1) is 15.3. The third-order valence-corrected chi connectivity index (χ3v) is 6.23. The lowest BCUT2D eigenvalue weighted by Gasteiger charge is -2.07. The van der Waals surface area contributed by atoms with Crippen LogP contribution in [0, 0.1) is 0 Å². The van der Waals surface area contributed by atoms with Crippen molar-refractivity contribution in [2.45, 2.75) is 4.90 Å². The minimum Gasteiger partial charge on any atom is -0.278 e. The molecule has 0 saturated heterocycles. The van der Waals surface area contributed by atoms with Crippen LogP contribution in [0.5, 0.6) is 0 Å². The molecule has 19 heavy (non-hydrogen) atoms. The summed E-state index contributed by atoms with van der Waals surface area (Å²) in [7, 11) is -3.81. The van der Waals surface area contributed by atoms with Crippen LogP contribution < -0.4 is 4.72 Å². The number of aromatic nitrogens is 1. The lowest BCUT2D eigenvalue weighted by Crippen LogP contribution is -2.12. The third kappa shape index (κ3) is 3.53. The lowest BCUT2D eigenvalue weighted by molar-refractivity contribution is 0.601. The zero-order valence-corrected chi connectivity index (χ0v) is 14.3. The highest BCUT2D eigenvalue weighted by atomic mass is 79.9. The molecule has 10 heteroatoms. The van der Waals surface area contributed by atoms with Crippen molar-refractivity contribution in [1.29, 1.82) is 0 Å². The average molecular weight is 423 g/mol. The summed E-state index contributed by atoms with van der Waals surface area (Å²) in [5, 5.41) is 0.236. The number of thiophene rings is 1. The molecule has 2 aromatic heterocycles. The van der Waals surface area contributed by atoms with Crippen molar-refractivity contribution < 1.29 is 8.42 Å². The summed E-state index contributed by atoms with van der Waals surface area (Å²) >= 11 is 21.4. The van der Waals surface area contributed by atoms with Crippen molar-refractivity contribution >= 4 is 77.8 Å². The second kappa shape index (κ2) is 5.75. The van der Waals surface area contributed by atoms with Crippen molar-refractivity contribution in [1.82, 2.24) is 4.98 Å². The Bertz CT molecular complexity index is 733. The van der Waals surface area contributed by atoms with Gasteiger partial charge in [-0.3, -0.25) is 4.72 Å². The lowest BCUT2D eigenvalue weighted by atomic mass is 10.4. The summed E-state index contributed by atoms with van der Waals surface area (Å²) in [6.45, 7) is 0. The van der Waals surface area contributed by atoms with Crippen LogP contribution in [-0.4, -0.2) is 13.4 Å². The molecule has 0 radical (unpaired) electrons. The molecule has 0 aliphatic carbocycles. The van der Waals surface area contributed by atoms with Gasteiger partial charge in [0.1, 0.15) is 14.4 Å². The van der Waals surface area contributed by atoms with E-state index >= 15 is 0 Å². The number of hydrogen-bond acceptors (Lipinski definition) is 4. The van der Waals surface area contributed by atoms with E-state index in [4.69, 9.17) is 34.8 Å². The molecule has 0 bridgehead atoms. The molecule has 4 nitrogen and oxygen atoms in total. The van der Waals surface area contributed by atoms with Crippen LogP contribution in [-0.2, 0) is 10.0 Å². The van der Waals surface area contributed by atoms with Gasteiger partial charge in [-0.05, 0) is 28.1 Å². The number of sulfonamides is 1. The zero-order chi connectivity index (χ0) is 14.2. The van der Waals surface area contributed by atoms with Crippen molar-refractivity contribution in [2.24, 2.45) is 0 Å². The Labute approximate surface area is 136 Å². The van der Waals surface area contributed by atoms with Crippen LogP contribution in [0.2, 0.25) is 13.8 Å². The van der Waals surface area contributed by atoms with Gasteiger partial charge in [0.2, 0.25) is 0 Å². The Morgan fingerprint density at radius 3 is 2.47 bits per heavy atom. The Morgan fingerprint density at radius 2 is 1.95 bits per heavy atom. The number of anilines is 1. The Hall–Kier alpha value is -0.0500. The van der Waals surface area contributed by atoms with E-state index in [1.165, 1.54) is 18.3 Å². The van der Waals surface area contributed by atoms with Gasteiger partial charge in [0.25, 0.3) is 10.0 Å². The molecule has 2 heterocycles. The Kier molecular flexibility index (Phi) is 4.64. The molecule has 0 saturated carbocycles. The number of pyridine rings is 1. The van der Waals surface area contributed by atoms with Gasteiger partial charge in [-0.15, -0.1) is 11.3 Å². The quantitative estimate of drug-likeness (QED) is 0.732. The van der Waals surface area contributed by atoms with E-state index in [0.717, 1.165) is 11.3 Å². The zero-order valence-electron chi connectivity index (χ0n) is 8.82. The van der Waals surface area contributed by atoms with Crippen LogP contribution in [0.25, 0.3) is 0 Å². The molecule has 2 aromatic rings. The predicted octanol–water partition coefficient (Wildman–Crippen LogP) is 4.67. The van der Waals surface area contributed by atoms with E-state index in [9.17, 15) is 8.42 Å². The highest BCUT2D eigenvalue weighted by molar-refractivity contribution is 9.10. The molecular weight excluding hydrogens is 419 g/mol. The SMILES string of the molecule is O=S(=O)(Nc1cnc(Cl)c(Br)c1)c1cc(Cl)sc1Cl. The summed E-state index contributed by atoms with van der Waals surface area (Å²) < 4.78 is 27.4. The van der Waals surface area contributed by atoms with Crippen LogP contribution in [0.15, 0.2) is 27.7 Å². The number of rotatable bonds is 3. The second-order valence-electron chi connectivity index (χ2n) is 3.29. The number of nitrogens with one attached hydrogen (secondary N) is 1. The summed E-state index contributed by atoms with van der Waals surface area (Å²) in [6.07, 6.45) is 1.30. The summed E-state index contributed by atoms with van der Waals surface area (Å²) in [6, 6.07) is 2.78. The smallest absolute Gasteiger partial charge is 0.264 e. The predicted molar refractivity (Wildman–Crippen MR) is 82.1 cm³/mol. The molecule has 2 rings (SSSR count). The standard InChI is InChI=1S/C9H4BrCl3N2O2S2/c10-5-1-4(3-14-8(5)12)15-19(16,17)6-2-7(11)18-9(6)13/h1-3,15H. The first-order chi connectivity index (χ1) is 8.79. The molecule has 1 N–H and O–H groups in total. The molecule has 0 aliphatic rings. The summed E-state index contributed by atoms with van der Waals surface area (Å²) in [5.41, 5.74) is 0.259. The van der Waals surface area contributed by atoms with Crippen LogP contribution in [0.1, 0.15) is 0 Å². The van der Waals surface area contributed by atoms with Gasteiger partial charge >= 0.3 is 0 Å². The summed E-state index contributed by atoms with van der Waals surface area (Å²) in [4.78, 5) is 3.75. The van der Waals surface area contributed by atoms with E-state index in [-0.39, 0.29) is 20.1 Å². The number of halogens is 4. The molecule has 0 aromatic carbocycles. The largest absolute Gasteiger partial charge is 0.278 e. The minimum absolute atomic E-state index is 0.0739. The molecule has 102 valence electrons. The third-order valence-electron chi connectivity index (χ3n) is 1.96. The first-order valence-electron chi connectivity index (χ1n) is 4.58. The van der Waals surface area contributed by atoms with E-state index in [0.29, 0.717) is 8.81 Å². The van der Waals surface area contributed by atoms with Gasteiger partial charge in [0, 0.05) is 0 Å². The van der Waals surface area contributed by atoms with E-state index in [2.05, 4.69) is 25.6 Å². The molecule has 0 fully saturated rings. The van der Waals surface area contributed by atoms with Crippen LogP contribution >= 0.6 is 62.1 Å². The van der Waals surface area contributed by atoms with E-state index in [1.54, 1.807) is 0 Å². The average Bonchev–Trinajstić information content (AvgIpc) is 2.63. The molecule has 0 atom stereocenters. The maximum absolute atomic E-state index is 12.1. The molecule has 0 amide bonds. The van der Waals surface area contributed by atoms with Gasteiger partial charge in [-0.2, -0.15) is 0 Å². The molecule has 0 aliphatic heterocycles. The highest BCUT2D eigenvalue weighted by Crippen LogP contribution is 2.35. The maximum atomic E-state index is 12.1. The van der Waals surface area contributed by atoms with Gasteiger partial charge in [0.05, 0.1) is 20.7 Å².